The van der Waals surface area contributed by atoms with Crippen LogP contribution in [0.5, 0.6) is 0 Å². The zero-order chi connectivity index (χ0) is 24.8. The van der Waals surface area contributed by atoms with Crippen LogP contribution in [0.15, 0.2) is 24.4 Å². The summed E-state index contributed by atoms with van der Waals surface area (Å²) in [5, 5.41) is 6.15. The summed E-state index contributed by atoms with van der Waals surface area (Å²) in [7, 11) is 1.69. The monoisotopic (exact) mass is 489 g/mol. The first-order valence-electron chi connectivity index (χ1n) is 11.7. The van der Waals surface area contributed by atoms with Gasteiger partial charge in [-0.3, -0.25) is 14.4 Å². The Labute approximate surface area is 204 Å². The van der Waals surface area contributed by atoms with E-state index < -0.39 is 17.6 Å². The SMILES string of the molecule is CCC(NC(=O)[C@H](C)NC)C(=O)N1CC[C@H]2N(C(=O)S)C[C@H](c3c[nH]c4ccc(F)cc34)[C@]21C. The number of carbonyl (C=O) groups is 3. The third-order valence-corrected chi connectivity index (χ3v) is 8.01. The van der Waals surface area contributed by atoms with Crippen LogP contribution >= 0.6 is 12.6 Å². The van der Waals surface area contributed by atoms with Crippen LogP contribution in [0.25, 0.3) is 10.9 Å². The van der Waals surface area contributed by atoms with E-state index in [1.54, 1.807) is 24.9 Å². The minimum absolute atomic E-state index is 0.173. The van der Waals surface area contributed by atoms with Crippen LogP contribution in [0.2, 0.25) is 0 Å². The highest BCUT2D eigenvalue weighted by Gasteiger charge is 2.61. The van der Waals surface area contributed by atoms with Crippen LogP contribution in [-0.2, 0) is 9.59 Å². The van der Waals surface area contributed by atoms with E-state index in [2.05, 4.69) is 28.2 Å². The molecule has 34 heavy (non-hydrogen) atoms. The van der Waals surface area contributed by atoms with Crippen molar-refractivity contribution in [3.05, 3.63) is 35.8 Å². The van der Waals surface area contributed by atoms with Crippen molar-refractivity contribution >= 4 is 40.6 Å². The van der Waals surface area contributed by atoms with Crippen molar-refractivity contribution in [2.75, 3.05) is 20.1 Å². The average Bonchev–Trinajstić information content (AvgIpc) is 3.45. The van der Waals surface area contributed by atoms with E-state index in [0.717, 1.165) is 16.5 Å². The quantitative estimate of drug-likeness (QED) is 0.469. The fourth-order valence-electron chi connectivity index (χ4n) is 5.69. The number of aromatic amines is 1. The molecule has 2 fully saturated rings. The Hall–Kier alpha value is -2.59. The molecule has 0 bridgehead atoms. The second-order valence-electron chi connectivity index (χ2n) is 9.42. The minimum Gasteiger partial charge on any atom is -0.361 e. The van der Waals surface area contributed by atoms with Gasteiger partial charge in [0, 0.05) is 36.1 Å². The van der Waals surface area contributed by atoms with E-state index in [1.165, 1.54) is 12.1 Å². The lowest BCUT2D eigenvalue weighted by molar-refractivity contribution is -0.140. The lowest BCUT2D eigenvalue weighted by Crippen LogP contribution is -2.59. The Balaban J connectivity index is 1.73. The van der Waals surface area contributed by atoms with E-state index in [0.29, 0.717) is 25.9 Å². The summed E-state index contributed by atoms with van der Waals surface area (Å²) >= 11 is 4.11. The first kappa shape index (κ1) is 24.5. The highest BCUT2D eigenvalue weighted by molar-refractivity contribution is 7.96. The van der Waals surface area contributed by atoms with Crippen LogP contribution < -0.4 is 10.6 Å². The van der Waals surface area contributed by atoms with E-state index in [9.17, 15) is 18.8 Å². The number of thiol groups is 1. The summed E-state index contributed by atoms with van der Waals surface area (Å²) in [5.41, 5.74) is 0.923. The van der Waals surface area contributed by atoms with Gasteiger partial charge in [-0.05, 0) is 57.5 Å². The van der Waals surface area contributed by atoms with E-state index >= 15 is 0 Å². The molecule has 0 saturated carbocycles. The molecule has 2 aromatic rings. The number of fused-ring (bicyclic) bond motifs is 2. The molecule has 4 rings (SSSR count). The number of benzene rings is 1. The van der Waals surface area contributed by atoms with Gasteiger partial charge in [0.2, 0.25) is 11.8 Å². The maximum Gasteiger partial charge on any atom is 0.278 e. The molecule has 2 aliphatic rings. The summed E-state index contributed by atoms with van der Waals surface area (Å²) in [6, 6.07) is 3.24. The molecule has 3 heterocycles. The first-order valence-corrected chi connectivity index (χ1v) is 12.1. The summed E-state index contributed by atoms with van der Waals surface area (Å²) in [6.45, 7) is 6.42. The third-order valence-electron chi connectivity index (χ3n) is 7.76. The van der Waals surface area contributed by atoms with Gasteiger partial charge < -0.3 is 25.4 Å². The van der Waals surface area contributed by atoms with Crippen molar-refractivity contribution in [1.29, 1.82) is 0 Å². The van der Waals surface area contributed by atoms with Gasteiger partial charge in [-0.25, -0.2) is 4.39 Å². The molecule has 3 N–H and O–H groups in total. The highest BCUT2D eigenvalue weighted by Crippen LogP contribution is 2.51. The molecule has 2 saturated heterocycles. The second kappa shape index (κ2) is 9.22. The van der Waals surface area contributed by atoms with Crippen LogP contribution in [0.1, 0.15) is 45.1 Å². The molecule has 2 aliphatic heterocycles. The number of likely N-dealkylation sites (tertiary alicyclic amines) is 2. The van der Waals surface area contributed by atoms with Gasteiger partial charge in [-0.1, -0.05) is 19.6 Å². The van der Waals surface area contributed by atoms with Crippen molar-refractivity contribution in [1.82, 2.24) is 25.4 Å². The summed E-state index contributed by atoms with van der Waals surface area (Å²) < 4.78 is 14.1. The number of rotatable bonds is 6. The first-order chi connectivity index (χ1) is 16.1. The number of halogens is 1. The predicted octanol–water partition coefficient (Wildman–Crippen LogP) is 2.62. The van der Waals surface area contributed by atoms with Crippen molar-refractivity contribution in [2.45, 2.75) is 63.2 Å². The molecule has 8 nitrogen and oxygen atoms in total. The minimum atomic E-state index is -0.732. The molecule has 3 amide bonds. The topological polar surface area (TPSA) is 97.5 Å². The maximum absolute atomic E-state index is 14.1. The van der Waals surface area contributed by atoms with E-state index in [-0.39, 0.29) is 34.8 Å². The fraction of sp³-hybridized carbons (Fsp3) is 0.542. The second-order valence-corrected chi connectivity index (χ2v) is 9.80. The van der Waals surface area contributed by atoms with Crippen LogP contribution in [-0.4, -0.2) is 75.6 Å². The lowest BCUT2D eigenvalue weighted by Gasteiger charge is -2.41. The standard InChI is InChI=1S/C24H32FN5O3S/c1-5-18(28-21(31)13(2)26-4)22(32)30-9-8-20-24(30,3)17(12-29(20)23(33)34)16-11-27-19-7-6-14(25)10-15(16)19/h6-7,10-11,13,17-18,20,26-27H,5,8-9,12H2,1-4H3,(H,28,31)(H,33,34)/t13-,17+,18?,20+,24+/m0/s1. The maximum atomic E-state index is 14.1. The van der Waals surface area contributed by atoms with Crippen LogP contribution in [0.3, 0.4) is 0 Å². The number of amides is 3. The number of nitrogens with one attached hydrogen (secondary N) is 3. The smallest absolute Gasteiger partial charge is 0.278 e. The van der Waals surface area contributed by atoms with Crippen LogP contribution in [0.4, 0.5) is 9.18 Å². The normalized spacial score (nSPS) is 25.9. The van der Waals surface area contributed by atoms with Gasteiger partial charge in [0.05, 0.1) is 17.6 Å². The number of nitrogens with zero attached hydrogens (tertiary/aromatic N) is 2. The molecule has 0 aliphatic carbocycles. The zero-order valence-corrected chi connectivity index (χ0v) is 20.8. The predicted molar refractivity (Wildman–Crippen MR) is 131 cm³/mol. The molecular formula is C24H32FN5O3S. The van der Waals surface area contributed by atoms with E-state index in [1.807, 2.05) is 24.9 Å². The number of carbonyl (C=O) groups excluding carboxylic acids is 3. The molecule has 1 aromatic carbocycles. The Morgan fingerprint density at radius 3 is 2.74 bits per heavy atom. The zero-order valence-electron chi connectivity index (χ0n) is 19.9. The molecule has 184 valence electrons. The molecule has 1 aromatic heterocycles. The third kappa shape index (κ3) is 3.86. The fourth-order valence-corrected chi connectivity index (χ4v) is 5.92. The molecule has 10 heteroatoms. The largest absolute Gasteiger partial charge is 0.361 e. The Morgan fingerprint density at radius 2 is 2.09 bits per heavy atom. The molecule has 0 spiro atoms. The molecule has 0 radical (unpaired) electrons. The van der Waals surface area contributed by atoms with Crippen LogP contribution in [0, 0.1) is 5.82 Å². The van der Waals surface area contributed by atoms with Crippen molar-refractivity contribution in [3.8, 4) is 0 Å². The van der Waals surface area contributed by atoms with Gasteiger partial charge in [-0.2, -0.15) is 0 Å². The number of likely N-dealkylation sites (N-methyl/N-ethyl adjacent to an activating group) is 1. The van der Waals surface area contributed by atoms with Gasteiger partial charge >= 0.3 is 0 Å². The number of hydrogen-bond donors (Lipinski definition) is 4. The van der Waals surface area contributed by atoms with Gasteiger partial charge in [0.15, 0.2) is 0 Å². The molecule has 1 unspecified atom stereocenters. The Kier molecular flexibility index (Phi) is 6.65. The van der Waals surface area contributed by atoms with Crippen molar-refractivity contribution in [2.24, 2.45) is 0 Å². The van der Waals surface area contributed by atoms with Crippen molar-refractivity contribution in [3.63, 3.8) is 0 Å². The summed E-state index contributed by atoms with van der Waals surface area (Å²) in [5.74, 6) is -1.01. The van der Waals surface area contributed by atoms with Gasteiger partial charge in [0.1, 0.15) is 11.9 Å². The lowest BCUT2D eigenvalue weighted by atomic mass is 9.79. The Bertz CT molecular complexity index is 1120. The number of hydrogen-bond acceptors (Lipinski definition) is 4. The Morgan fingerprint density at radius 1 is 1.35 bits per heavy atom. The average molecular weight is 490 g/mol. The molecule has 5 atom stereocenters. The van der Waals surface area contributed by atoms with E-state index in [4.69, 9.17) is 0 Å². The van der Waals surface area contributed by atoms with Gasteiger partial charge in [0.25, 0.3) is 5.24 Å². The van der Waals surface area contributed by atoms with Crippen molar-refractivity contribution < 1.29 is 18.8 Å². The summed E-state index contributed by atoms with van der Waals surface area (Å²) in [4.78, 5) is 45.4. The summed E-state index contributed by atoms with van der Waals surface area (Å²) in [6.07, 6.45) is 2.90. The number of aromatic nitrogens is 1. The van der Waals surface area contributed by atoms with Gasteiger partial charge in [-0.15, -0.1) is 0 Å². The highest BCUT2D eigenvalue weighted by atomic mass is 32.1. The number of H-pyrrole nitrogens is 1. The molecular weight excluding hydrogens is 457 g/mol.